The van der Waals surface area contributed by atoms with Gasteiger partial charge in [0.25, 0.3) is 5.56 Å². The van der Waals surface area contributed by atoms with E-state index in [1.165, 1.54) is 24.3 Å². The van der Waals surface area contributed by atoms with Crippen molar-refractivity contribution in [3.05, 3.63) is 46.1 Å². The average molecular weight is 285 g/mol. The maximum absolute atomic E-state index is 12.8. The van der Waals surface area contributed by atoms with Crippen LogP contribution in [0.2, 0.25) is 0 Å². The molecular formula is C12H9FN3NaO3. The molecular weight excluding hydrogens is 276 g/mol. The van der Waals surface area contributed by atoms with Crippen molar-refractivity contribution in [1.29, 1.82) is 0 Å². The van der Waals surface area contributed by atoms with Crippen LogP contribution in [-0.2, 0) is 4.79 Å². The van der Waals surface area contributed by atoms with E-state index in [1.807, 2.05) is 0 Å². The van der Waals surface area contributed by atoms with Gasteiger partial charge in [-0.15, -0.1) is 0 Å². The van der Waals surface area contributed by atoms with Gasteiger partial charge >= 0.3 is 29.6 Å². The van der Waals surface area contributed by atoms with Gasteiger partial charge in [0, 0.05) is 0 Å². The maximum atomic E-state index is 12.8. The van der Waals surface area contributed by atoms with Crippen molar-refractivity contribution in [2.75, 3.05) is 0 Å². The molecule has 1 N–H and O–H groups in total. The zero-order valence-electron chi connectivity index (χ0n) is 10.9. The first-order chi connectivity index (χ1) is 8.99. The van der Waals surface area contributed by atoms with E-state index in [9.17, 15) is 19.1 Å². The Labute approximate surface area is 135 Å². The zero-order valence-corrected chi connectivity index (χ0v) is 12.9. The summed E-state index contributed by atoms with van der Waals surface area (Å²) in [5, 5.41) is 13.0. The van der Waals surface area contributed by atoms with Gasteiger partial charge in [-0.3, -0.25) is 9.89 Å². The molecule has 2 rings (SSSR count). The number of nitrogens with one attached hydrogen (secondary N) is 1. The van der Waals surface area contributed by atoms with Crippen LogP contribution in [0.1, 0.15) is 5.69 Å². The molecule has 0 bridgehead atoms. The normalized spacial score (nSPS) is 10.5. The number of aromatic nitrogens is 2. The molecule has 0 aliphatic carbocycles. The van der Waals surface area contributed by atoms with Gasteiger partial charge in [0.15, 0.2) is 5.69 Å². The summed E-state index contributed by atoms with van der Waals surface area (Å²) in [6.07, 6.45) is 0.534. The Balaban J connectivity index is 0.00000200. The molecule has 1 aromatic heterocycles. The van der Waals surface area contributed by atoms with Crippen LogP contribution in [0.15, 0.2) is 34.1 Å². The van der Waals surface area contributed by atoms with Gasteiger partial charge in [-0.2, -0.15) is 0 Å². The third kappa shape index (κ3) is 3.44. The van der Waals surface area contributed by atoms with Crippen molar-refractivity contribution in [2.24, 2.45) is 4.99 Å². The number of rotatable bonds is 3. The van der Waals surface area contributed by atoms with Gasteiger partial charge in [-0.25, -0.2) is 14.1 Å². The topological polar surface area (TPSA) is 90.3 Å². The van der Waals surface area contributed by atoms with Crippen LogP contribution in [0, 0.1) is 12.7 Å². The molecule has 0 fully saturated rings. The molecule has 98 valence electrons. The van der Waals surface area contributed by atoms with Crippen LogP contribution in [0.3, 0.4) is 0 Å². The fraction of sp³-hybridized carbons (Fsp3) is 0.0833. The van der Waals surface area contributed by atoms with Crippen molar-refractivity contribution >= 4 is 17.9 Å². The minimum Gasteiger partial charge on any atom is -0.544 e. The fourth-order valence-corrected chi connectivity index (χ4v) is 1.58. The molecule has 0 spiro atoms. The molecule has 0 amide bonds. The molecule has 0 saturated carbocycles. The fourth-order valence-electron chi connectivity index (χ4n) is 1.58. The second-order valence-corrected chi connectivity index (χ2v) is 3.78. The number of hydrogen-bond acceptors (Lipinski definition) is 4. The molecule has 0 atom stereocenters. The molecule has 0 aliphatic rings. The molecule has 0 saturated heterocycles. The van der Waals surface area contributed by atoms with Gasteiger partial charge in [0.05, 0.1) is 23.6 Å². The van der Waals surface area contributed by atoms with E-state index < -0.39 is 17.3 Å². The Morgan fingerprint density at radius 3 is 2.55 bits per heavy atom. The first-order valence-electron chi connectivity index (χ1n) is 5.31. The third-order valence-corrected chi connectivity index (χ3v) is 2.42. The summed E-state index contributed by atoms with van der Waals surface area (Å²) < 4.78 is 14.0. The summed E-state index contributed by atoms with van der Waals surface area (Å²) in [6.45, 7) is 1.57. The van der Waals surface area contributed by atoms with Crippen molar-refractivity contribution in [3.8, 4) is 5.69 Å². The Hall–Kier alpha value is -1.70. The van der Waals surface area contributed by atoms with E-state index in [1.54, 1.807) is 6.92 Å². The second-order valence-electron chi connectivity index (χ2n) is 3.78. The second kappa shape index (κ2) is 6.65. The van der Waals surface area contributed by atoms with Crippen molar-refractivity contribution in [3.63, 3.8) is 0 Å². The van der Waals surface area contributed by atoms with E-state index in [4.69, 9.17) is 0 Å². The minimum atomic E-state index is -1.49. The molecule has 0 aliphatic heterocycles. The number of carbonyl (C=O) groups excluding carboxylic acids is 1. The van der Waals surface area contributed by atoms with Crippen molar-refractivity contribution in [1.82, 2.24) is 9.78 Å². The number of nitrogens with zero attached hydrogens (tertiary/aromatic N) is 2. The Morgan fingerprint density at radius 1 is 1.40 bits per heavy atom. The maximum Gasteiger partial charge on any atom is 1.00 e. The first kappa shape index (κ1) is 16.4. The number of aliphatic imine (C=N–C) groups is 1. The van der Waals surface area contributed by atoms with E-state index in [-0.39, 0.29) is 35.2 Å². The number of benzene rings is 1. The molecule has 0 radical (unpaired) electrons. The molecule has 20 heavy (non-hydrogen) atoms. The Morgan fingerprint density at radius 2 is 2.00 bits per heavy atom. The number of aryl methyl sites for hydroxylation is 1. The number of halogens is 1. The van der Waals surface area contributed by atoms with E-state index in [0.29, 0.717) is 17.6 Å². The summed E-state index contributed by atoms with van der Waals surface area (Å²) in [7, 11) is 0. The summed E-state index contributed by atoms with van der Waals surface area (Å²) in [5.74, 6) is -1.91. The van der Waals surface area contributed by atoms with Gasteiger partial charge in [-0.05, 0) is 31.2 Å². The quantitative estimate of drug-likeness (QED) is 0.483. The number of carbonyl (C=O) groups is 1. The average Bonchev–Trinajstić information content (AvgIpc) is 2.63. The first-order valence-corrected chi connectivity index (χ1v) is 5.31. The number of carboxylic acid groups (broad SMARTS) is 1. The summed E-state index contributed by atoms with van der Waals surface area (Å²) in [6, 6.07) is 5.25. The predicted octanol–water partition coefficient (Wildman–Crippen LogP) is -2.93. The molecule has 2 aromatic rings. The van der Waals surface area contributed by atoms with Crippen LogP contribution >= 0.6 is 0 Å². The summed E-state index contributed by atoms with van der Waals surface area (Å²) >= 11 is 0. The zero-order chi connectivity index (χ0) is 14.0. The molecule has 1 aromatic carbocycles. The Bertz CT molecular complexity index is 704. The van der Waals surface area contributed by atoms with Crippen molar-refractivity contribution in [2.45, 2.75) is 6.92 Å². The molecule has 8 heteroatoms. The summed E-state index contributed by atoms with van der Waals surface area (Å²) in [4.78, 5) is 25.8. The minimum absolute atomic E-state index is 0. The van der Waals surface area contributed by atoms with E-state index in [2.05, 4.69) is 10.1 Å². The van der Waals surface area contributed by atoms with E-state index in [0.717, 1.165) is 4.68 Å². The largest absolute Gasteiger partial charge is 1.00 e. The molecule has 6 nitrogen and oxygen atoms in total. The number of hydrogen-bond donors (Lipinski definition) is 1. The van der Waals surface area contributed by atoms with Crippen LogP contribution in [0.5, 0.6) is 0 Å². The Kier molecular flexibility index (Phi) is 5.43. The van der Waals surface area contributed by atoms with Gasteiger partial charge in [-0.1, -0.05) is 0 Å². The molecule has 1 heterocycles. The smallest absolute Gasteiger partial charge is 0.544 e. The van der Waals surface area contributed by atoms with E-state index >= 15 is 0 Å². The number of aliphatic carboxylic acids is 1. The van der Waals surface area contributed by atoms with Gasteiger partial charge in [0.2, 0.25) is 0 Å². The third-order valence-electron chi connectivity index (χ3n) is 2.42. The number of carboxylic acids is 1. The van der Waals surface area contributed by atoms with Crippen LogP contribution in [0.4, 0.5) is 10.1 Å². The molecule has 0 unspecified atom stereocenters. The number of H-pyrrole nitrogens is 1. The van der Waals surface area contributed by atoms with Crippen LogP contribution < -0.4 is 40.2 Å². The van der Waals surface area contributed by atoms with Crippen LogP contribution in [-0.4, -0.2) is 22.0 Å². The SMILES string of the molecule is Cc1[nH]n(-c2ccc(F)cc2)c(=O)c1N=CC(=O)[O-].[Na+]. The predicted molar refractivity (Wildman–Crippen MR) is 64.2 cm³/mol. The standard InChI is InChI=1S/C12H10FN3O3.Na/c1-7-11(14-6-10(17)18)12(19)16(15-7)9-4-2-8(13)3-5-9;/h2-6,15H,1H3,(H,17,18);/q;+1/p-1. The van der Waals surface area contributed by atoms with Gasteiger partial charge < -0.3 is 9.90 Å². The van der Waals surface area contributed by atoms with Crippen LogP contribution in [0.25, 0.3) is 5.69 Å². The number of aromatic amines is 1. The van der Waals surface area contributed by atoms with Gasteiger partial charge in [0.1, 0.15) is 5.82 Å². The summed E-state index contributed by atoms with van der Waals surface area (Å²) in [5.41, 5.74) is 0.256. The van der Waals surface area contributed by atoms with Crippen molar-refractivity contribution < 1.29 is 43.8 Å². The monoisotopic (exact) mass is 285 g/mol.